The summed E-state index contributed by atoms with van der Waals surface area (Å²) in [6, 6.07) is 15.8. The Kier molecular flexibility index (Phi) is 6.07. The lowest BCUT2D eigenvalue weighted by Crippen LogP contribution is -2.41. The maximum atomic E-state index is 6.26. The van der Waals surface area contributed by atoms with Crippen molar-refractivity contribution >= 4 is 12.6 Å². The molecule has 28 heavy (non-hydrogen) atoms. The molecule has 1 atom stereocenters. The minimum Gasteiger partial charge on any atom is -0.399 e. The van der Waals surface area contributed by atoms with Gasteiger partial charge in [-0.15, -0.1) is 0 Å². The molecule has 2 aromatic rings. The van der Waals surface area contributed by atoms with Gasteiger partial charge in [-0.25, -0.2) is 0 Å². The first-order valence-electron chi connectivity index (χ1n) is 10.8. The summed E-state index contributed by atoms with van der Waals surface area (Å²) in [6.07, 6.45) is 3.34. The van der Waals surface area contributed by atoms with Gasteiger partial charge in [0, 0.05) is 0 Å². The molecule has 0 saturated carbocycles. The first-order valence-corrected chi connectivity index (χ1v) is 10.8. The molecule has 1 unspecified atom stereocenters. The first-order chi connectivity index (χ1) is 13.2. The van der Waals surface area contributed by atoms with Crippen molar-refractivity contribution in [3.8, 4) is 11.1 Å². The van der Waals surface area contributed by atoms with E-state index < -0.39 is 0 Å². The molecule has 0 aliphatic carbocycles. The van der Waals surface area contributed by atoms with E-state index in [-0.39, 0.29) is 18.3 Å². The van der Waals surface area contributed by atoms with Gasteiger partial charge in [0.2, 0.25) is 0 Å². The van der Waals surface area contributed by atoms with Crippen LogP contribution in [0, 0.1) is 0 Å². The Hall–Kier alpha value is -1.58. The van der Waals surface area contributed by atoms with Gasteiger partial charge in [-0.3, -0.25) is 0 Å². The van der Waals surface area contributed by atoms with Crippen molar-refractivity contribution in [2.24, 2.45) is 0 Å². The molecule has 0 aromatic heterocycles. The fourth-order valence-corrected chi connectivity index (χ4v) is 3.72. The molecule has 2 aromatic carbocycles. The molecular weight excluding hydrogens is 343 g/mol. The topological polar surface area (TPSA) is 18.5 Å². The zero-order valence-electron chi connectivity index (χ0n) is 18.6. The molecule has 0 spiro atoms. The summed E-state index contributed by atoms with van der Waals surface area (Å²) in [5.74, 6) is 0.606. The van der Waals surface area contributed by atoms with Gasteiger partial charge >= 0.3 is 7.12 Å². The van der Waals surface area contributed by atoms with Gasteiger partial charge in [0.25, 0.3) is 0 Å². The normalized spacial score (nSPS) is 19.0. The predicted molar refractivity (Wildman–Crippen MR) is 120 cm³/mol. The molecule has 1 aliphatic heterocycles. The lowest BCUT2D eigenvalue weighted by atomic mass is 9.76. The summed E-state index contributed by atoms with van der Waals surface area (Å²) < 4.78 is 12.5. The first kappa shape index (κ1) is 21.1. The molecule has 0 radical (unpaired) electrons. The maximum absolute atomic E-state index is 6.26. The Balaban J connectivity index is 1.92. The summed E-state index contributed by atoms with van der Waals surface area (Å²) in [5, 5.41) is 0. The Bertz CT molecular complexity index is 792. The Morgan fingerprint density at radius 2 is 1.50 bits per heavy atom. The van der Waals surface area contributed by atoms with Crippen molar-refractivity contribution in [1.82, 2.24) is 0 Å². The maximum Gasteiger partial charge on any atom is 0.494 e. The van der Waals surface area contributed by atoms with Crippen LogP contribution >= 0.6 is 0 Å². The average molecular weight is 378 g/mol. The highest BCUT2D eigenvalue weighted by Crippen LogP contribution is 2.37. The van der Waals surface area contributed by atoms with Crippen LogP contribution in [0.25, 0.3) is 11.1 Å². The second-order valence-corrected chi connectivity index (χ2v) is 9.19. The molecule has 1 saturated heterocycles. The fourth-order valence-electron chi connectivity index (χ4n) is 3.72. The van der Waals surface area contributed by atoms with E-state index in [1.165, 1.54) is 28.7 Å². The molecule has 3 heteroatoms. The second kappa shape index (κ2) is 8.04. The Labute approximate surface area is 171 Å². The van der Waals surface area contributed by atoms with Crippen LogP contribution in [0.4, 0.5) is 0 Å². The Morgan fingerprint density at radius 1 is 0.893 bits per heavy atom. The second-order valence-electron chi connectivity index (χ2n) is 9.19. The van der Waals surface area contributed by atoms with E-state index in [2.05, 4.69) is 90.9 Å². The molecule has 2 nitrogen and oxygen atoms in total. The van der Waals surface area contributed by atoms with Crippen LogP contribution in [0.3, 0.4) is 0 Å². The number of hydrogen-bond acceptors (Lipinski definition) is 2. The SMILES string of the molecule is CCCc1cc(B2OC(C)(C)C(C)(C)O2)ccc1-c1ccc(C(C)CC)cc1. The molecule has 0 bridgehead atoms. The third-order valence-corrected chi connectivity index (χ3v) is 6.58. The van der Waals surface area contributed by atoms with E-state index in [9.17, 15) is 0 Å². The lowest BCUT2D eigenvalue weighted by Gasteiger charge is -2.32. The smallest absolute Gasteiger partial charge is 0.399 e. The molecule has 3 rings (SSSR count). The van der Waals surface area contributed by atoms with Crippen molar-refractivity contribution in [2.45, 2.75) is 84.8 Å². The Morgan fingerprint density at radius 3 is 2.04 bits per heavy atom. The van der Waals surface area contributed by atoms with Crippen LogP contribution in [0.15, 0.2) is 42.5 Å². The van der Waals surface area contributed by atoms with Gasteiger partial charge in [-0.2, -0.15) is 0 Å². The molecule has 0 N–H and O–H groups in total. The summed E-state index contributed by atoms with van der Waals surface area (Å²) in [5.41, 5.74) is 5.87. The average Bonchev–Trinajstić information content (AvgIpc) is 2.89. The van der Waals surface area contributed by atoms with Crippen molar-refractivity contribution in [2.75, 3.05) is 0 Å². The highest BCUT2D eigenvalue weighted by atomic mass is 16.7. The van der Waals surface area contributed by atoms with Gasteiger partial charge in [0.05, 0.1) is 11.2 Å². The van der Waals surface area contributed by atoms with Crippen LogP contribution in [0.5, 0.6) is 0 Å². The van der Waals surface area contributed by atoms with E-state index in [0.29, 0.717) is 5.92 Å². The number of rotatable bonds is 6. The van der Waals surface area contributed by atoms with Gasteiger partial charge in [0.15, 0.2) is 0 Å². The highest BCUT2D eigenvalue weighted by Gasteiger charge is 2.51. The molecule has 150 valence electrons. The fraction of sp³-hybridized carbons (Fsp3) is 0.520. The highest BCUT2D eigenvalue weighted by molar-refractivity contribution is 6.62. The molecule has 0 amide bonds. The number of hydrogen-bond donors (Lipinski definition) is 0. The van der Waals surface area contributed by atoms with E-state index in [0.717, 1.165) is 18.3 Å². The van der Waals surface area contributed by atoms with Gasteiger partial charge in [-0.05, 0) is 74.2 Å². The van der Waals surface area contributed by atoms with Crippen LogP contribution in [-0.4, -0.2) is 18.3 Å². The van der Waals surface area contributed by atoms with Crippen LogP contribution in [-0.2, 0) is 15.7 Å². The van der Waals surface area contributed by atoms with Gasteiger partial charge < -0.3 is 9.31 Å². The monoisotopic (exact) mass is 378 g/mol. The third kappa shape index (κ3) is 4.06. The summed E-state index contributed by atoms with van der Waals surface area (Å²) in [4.78, 5) is 0. The molecular formula is C25H35BO2. The van der Waals surface area contributed by atoms with Crippen molar-refractivity contribution < 1.29 is 9.31 Å². The van der Waals surface area contributed by atoms with Crippen molar-refractivity contribution in [1.29, 1.82) is 0 Å². The standard InChI is InChI=1S/C25H35BO2/c1-8-10-21-17-22(26-27-24(4,5)25(6,7)28-26)15-16-23(21)20-13-11-19(12-14-20)18(3)9-2/h11-18H,8-10H2,1-7H3. The number of aryl methyl sites for hydroxylation is 1. The zero-order chi connectivity index (χ0) is 20.5. The molecule has 1 fully saturated rings. The van der Waals surface area contributed by atoms with Gasteiger partial charge in [-0.1, -0.05) is 69.7 Å². The van der Waals surface area contributed by atoms with Crippen molar-refractivity contribution in [3.05, 3.63) is 53.6 Å². The lowest BCUT2D eigenvalue weighted by molar-refractivity contribution is 0.00578. The van der Waals surface area contributed by atoms with Crippen LogP contribution < -0.4 is 5.46 Å². The predicted octanol–water partition coefficient (Wildman–Crippen LogP) is 6.12. The zero-order valence-corrected chi connectivity index (χ0v) is 18.6. The van der Waals surface area contributed by atoms with E-state index in [4.69, 9.17) is 9.31 Å². The number of benzene rings is 2. The minimum absolute atomic E-state index is 0.303. The largest absolute Gasteiger partial charge is 0.494 e. The molecule has 1 heterocycles. The van der Waals surface area contributed by atoms with E-state index in [1.54, 1.807) is 0 Å². The van der Waals surface area contributed by atoms with E-state index >= 15 is 0 Å². The third-order valence-electron chi connectivity index (χ3n) is 6.58. The quantitative estimate of drug-likeness (QED) is 0.564. The van der Waals surface area contributed by atoms with Crippen LogP contribution in [0.2, 0.25) is 0 Å². The summed E-state index contributed by atoms with van der Waals surface area (Å²) in [6.45, 7) is 15.2. The van der Waals surface area contributed by atoms with E-state index in [1.807, 2.05) is 0 Å². The van der Waals surface area contributed by atoms with Crippen molar-refractivity contribution in [3.63, 3.8) is 0 Å². The minimum atomic E-state index is -0.312. The summed E-state index contributed by atoms with van der Waals surface area (Å²) >= 11 is 0. The van der Waals surface area contributed by atoms with Crippen LogP contribution in [0.1, 0.15) is 78.4 Å². The van der Waals surface area contributed by atoms with Gasteiger partial charge in [0.1, 0.15) is 0 Å². The molecule has 1 aliphatic rings. The summed E-state index contributed by atoms with van der Waals surface area (Å²) in [7, 11) is -0.303.